The SMILES string of the molecule is Cc1ccc(-c2nc(CCNC(=O)CCc3c(C)nc(N4CCOCC4)[nH]c3=O)cs2)cc1. The van der Waals surface area contributed by atoms with Gasteiger partial charge in [0, 0.05) is 54.7 Å². The van der Waals surface area contributed by atoms with Gasteiger partial charge in [-0.2, -0.15) is 0 Å². The normalized spacial score (nSPS) is 13.8. The van der Waals surface area contributed by atoms with Crippen molar-refractivity contribution >= 4 is 23.2 Å². The van der Waals surface area contributed by atoms with Gasteiger partial charge in [-0.25, -0.2) is 9.97 Å². The van der Waals surface area contributed by atoms with Crippen molar-refractivity contribution in [2.24, 2.45) is 0 Å². The number of rotatable bonds is 8. The van der Waals surface area contributed by atoms with Crippen molar-refractivity contribution in [3.63, 3.8) is 0 Å². The van der Waals surface area contributed by atoms with Gasteiger partial charge in [0.1, 0.15) is 5.01 Å². The number of anilines is 1. The van der Waals surface area contributed by atoms with Gasteiger partial charge in [0.15, 0.2) is 0 Å². The summed E-state index contributed by atoms with van der Waals surface area (Å²) in [6, 6.07) is 8.31. The van der Waals surface area contributed by atoms with E-state index >= 15 is 0 Å². The molecule has 33 heavy (non-hydrogen) atoms. The molecule has 1 amide bonds. The topological polar surface area (TPSA) is 100 Å². The zero-order chi connectivity index (χ0) is 23.2. The maximum Gasteiger partial charge on any atom is 0.255 e. The van der Waals surface area contributed by atoms with Gasteiger partial charge in [-0.05, 0) is 20.3 Å². The third-order valence-corrected chi connectivity index (χ3v) is 6.62. The molecular weight excluding hydrogens is 438 g/mol. The third kappa shape index (κ3) is 6.06. The molecule has 0 radical (unpaired) electrons. The molecule has 0 unspecified atom stereocenters. The predicted molar refractivity (Wildman–Crippen MR) is 130 cm³/mol. The summed E-state index contributed by atoms with van der Waals surface area (Å²) in [6.45, 7) is 7.05. The van der Waals surface area contributed by atoms with Crippen LogP contribution >= 0.6 is 11.3 Å². The van der Waals surface area contributed by atoms with Gasteiger partial charge in [0.25, 0.3) is 5.56 Å². The van der Waals surface area contributed by atoms with Crippen LogP contribution < -0.4 is 15.8 Å². The summed E-state index contributed by atoms with van der Waals surface area (Å²) in [5.41, 5.74) is 4.34. The highest BCUT2D eigenvalue weighted by Crippen LogP contribution is 2.24. The minimum absolute atomic E-state index is 0.0833. The Balaban J connectivity index is 1.25. The molecular formula is C24H29N5O3S. The Morgan fingerprint density at radius 1 is 1.15 bits per heavy atom. The van der Waals surface area contributed by atoms with Gasteiger partial charge in [-0.3, -0.25) is 14.6 Å². The van der Waals surface area contributed by atoms with Crippen LogP contribution in [0.25, 0.3) is 10.6 Å². The number of morpholine rings is 1. The minimum Gasteiger partial charge on any atom is -0.378 e. The maximum atomic E-state index is 12.6. The Morgan fingerprint density at radius 3 is 2.64 bits per heavy atom. The first-order chi connectivity index (χ1) is 16.0. The van der Waals surface area contributed by atoms with Gasteiger partial charge in [-0.15, -0.1) is 11.3 Å². The van der Waals surface area contributed by atoms with Crippen molar-refractivity contribution in [2.75, 3.05) is 37.7 Å². The molecule has 1 fully saturated rings. The smallest absolute Gasteiger partial charge is 0.255 e. The van der Waals surface area contributed by atoms with E-state index < -0.39 is 0 Å². The molecule has 2 aromatic heterocycles. The summed E-state index contributed by atoms with van der Waals surface area (Å²) in [7, 11) is 0. The summed E-state index contributed by atoms with van der Waals surface area (Å²) in [4.78, 5) is 39.0. The number of benzene rings is 1. The van der Waals surface area contributed by atoms with Crippen LogP contribution in [0.4, 0.5) is 5.95 Å². The number of thiazole rings is 1. The van der Waals surface area contributed by atoms with Crippen LogP contribution in [0.2, 0.25) is 0 Å². The lowest BCUT2D eigenvalue weighted by atomic mass is 10.1. The quantitative estimate of drug-likeness (QED) is 0.528. The number of aryl methyl sites for hydroxylation is 2. The molecule has 0 aliphatic carbocycles. The van der Waals surface area contributed by atoms with Crippen LogP contribution in [-0.2, 0) is 22.4 Å². The van der Waals surface area contributed by atoms with Crippen molar-refractivity contribution in [3.05, 3.63) is 62.5 Å². The molecule has 1 aliphatic heterocycles. The van der Waals surface area contributed by atoms with E-state index in [9.17, 15) is 9.59 Å². The summed E-state index contributed by atoms with van der Waals surface area (Å²) < 4.78 is 5.35. The van der Waals surface area contributed by atoms with E-state index in [1.54, 1.807) is 11.3 Å². The molecule has 3 aromatic rings. The summed E-state index contributed by atoms with van der Waals surface area (Å²) in [5, 5.41) is 5.95. The average Bonchev–Trinajstić information content (AvgIpc) is 3.28. The van der Waals surface area contributed by atoms with E-state index in [-0.39, 0.29) is 17.9 Å². The van der Waals surface area contributed by atoms with E-state index in [0.29, 0.717) is 62.9 Å². The lowest BCUT2D eigenvalue weighted by molar-refractivity contribution is -0.121. The Labute approximate surface area is 197 Å². The van der Waals surface area contributed by atoms with Crippen LogP contribution in [0, 0.1) is 13.8 Å². The fraction of sp³-hybridized carbons (Fsp3) is 0.417. The number of nitrogens with one attached hydrogen (secondary N) is 2. The predicted octanol–water partition coefficient (Wildman–Crippen LogP) is 2.64. The summed E-state index contributed by atoms with van der Waals surface area (Å²) >= 11 is 1.61. The lowest BCUT2D eigenvalue weighted by Gasteiger charge is -2.27. The van der Waals surface area contributed by atoms with Crippen LogP contribution in [-0.4, -0.2) is 53.7 Å². The van der Waals surface area contributed by atoms with Crippen molar-refractivity contribution in [3.8, 4) is 10.6 Å². The molecule has 174 valence electrons. The molecule has 1 aromatic carbocycles. The molecule has 8 nitrogen and oxygen atoms in total. The van der Waals surface area contributed by atoms with E-state index in [2.05, 4.69) is 51.5 Å². The van der Waals surface area contributed by atoms with Gasteiger partial charge >= 0.3 is 0 Å². The first kappa shape index (κ1) is 23.1. The second-order valence-electron chi connectivity index (χ2n) is 8.16. The second kappa shape index (κ2) is 10.7. The molecule has 3 heterocycles. The highest BCUT2D eigenvalue weighted by molar-refractivity contribution is 7.13. The Bertz CT molecular complexity index is 1150. The molecule has 4 rings (SSSR count). The number of hydrogen-bond donors (Lipinski definition) is 2. The molecule has 0 saturated carbocycles. The number of H-pyrrole nitrogens is 1. The fourth-order valence-corrected chi connectivity index (χ4v) is 4.58. The van der Waals surface area contributed by atoms with Crippen LogP contribution in [0.3, 0.4) is 0 Å². The molecule has 0 bridgehead atoms. The second-order valence-corrected chi connectivity index (χ2v) is 9.02. The molecule has 0 spiro atoms. The number of carbonyl (C=O) groups excluding carboxylic acids is 1. The largest absolute Gasteiger partial charge is 0.378 e. The monoisotopic (exact) mass is 467 g/mol. The van der Waals surface area contributed by atoms with E-state index in [1.807, 2.05) is 17.2 Å². The fourth-order valence-electron chi connectivity index (χ4n) is 3.72. The number of nitrogens with zero attached hydrogens (tertiary/aromatic N) is 3. The van der Waals surface area contributed by atoms with Gasteiger partial charge in [0.2, 0.25) is 11.9 Å². The minimum atomic E-state index is -0.178. The van der Waals surface area contributed by atoms with Gasteiger partial charge in [-0.1, -0.05) is 29.8 Å². The van der Waals surface area contributed by atoms with Gasteiger partial charge < -0.3 is 15.0 Å². The number of amides is 1. The number of hydrogen-bond acceptors (Lipinski definition) is 7. The number of aromatic amines is 1. The van der Waals surface area contributed by atoms with Crippen LogP contribution in [0.1, 0.15) is 28.9 Å². The molecule has 1 saturated heterocycles. The van der Waals surface area contributed by atoms with E-state index in [4.69, 9.17) is 4.74 Å². The number of aromatic nitrogens is 3. The summed E-state index contributed by atoms with van der Waals surface area (Å²) in [5.74, 6) is 0.488. The number of ether oxygens (including phenoxy) is 1. The van der Waals surface area contributed by atoms with Gasteiger partial charge in [0.05, 0.1) is 18.9 Å². The molecule has 9 heteroatoms. The van der Waals surface area contributed by atoms with Crippen LogP contribution in [0.5, 0.6) is 0 Å². The van der Waals surface area contributed by atoms with Crippen molar-refractivity contribution in [2.45, 2.75) is 33.1 Å². The lowest BCUT2D eigenvalue weighted by Crippen LogP contribution is -2.38. The molecule has 1 aliphatic rings. The highest BCUT2D eigenvalue weighted by Gasteiger charge is 2.17. The first-order valence-corrected chi connectivity index (χ1v) is 12.1. The Morgan fingerprint density at radius 2 is 1.91 bits per heavy atom. The van der Waals surface area contributed by atoms with E-state index in [0.717, 1.165) is 16.3 Å². The summed E-state index contributed by atoms with van der Waals surface area (Å²) in [6.07, 6.45) is 1.27. The zero-order valence-corrected chi connectivity index (χ0v) is 19.8. The Hall–Kier alpha value is -3.04. The van der Waals surface area contributed by atoms with Crippen LogP contribution in [0.15, 0.2) is 34.4 Å². The maximum absolute atomic E-state index is 12.6. The number of carbonyl (C=O) groups is 1. The zero-order valence-electron chi connectivity index (χ0n) is 19.0. The highest BCUT2D eigenvalue weighted by atomic mass is 32.1. The molecule has 2 N–H and O–H groups in total. The first-order valence-electron chi connectivity index (χ1n) is 11.2. The molecule has 0 atom stereocenters. The third-order valence-electron chi connectivity index (χ3n) is 5.68. The average molecular weight is 468 g/mol. The van der Waals surface area contributed by atoms with Crippen molar-refractivity contribution in [1.29, 1.82) is 0 Å². The standard InChI is InChI=1S/C24H29N5O3S/c1-16-3-5-18(6-4-16)23-27-19(15-33-23)9-10-25-21(30)8-7-20-17(2)26-24(28-22(20)31)29-11-13-32-14-12-29/h3-6,15H,7-14H2,1-2H3,(H,25,30)(H,26,28,31). The van der Waals surface area contributed by atoms with Crippen molar-refractivity contribution in [1.82, 2.24) is 20.3 Å². The van der Waals surface area contributed by atoms with E-state index in [1.165, 1.54) is 5.56 Å². The Kier molecular flexibility index (Phi) is 7.51. The van der Waals surface area contributed by atoms with Crippen molar-refractivity contribution < 1.29 is 9.53 Å².